The molecule has 0 atom stereocenters. The van der Waals surface area contributed by atoms with Crippen molar-refractivity contribution in [3.63, 3.8) is 0 Å². The van der Waals surface area contributed by atoms with Crippen molar-refractivity contribution in [3.8, 4) is 11.5 Å². The van der Waals surface area contributed by atoms with Gasteiger partial charge in [-0.1, -0.05) is 48.7 Å². The first-order chi connectivity index (χ1) is 10.5. The third kappa shape index (κ3) is 5.19. The van der Waals surface area contributed by atoms with Crippen molar-refractivity contribution in [3.05, 3.63) is 59.7 Å². The smallest absolute Gasteiger partial charge is 0.291 e. The van der Waals surface area contributed by atoms with Crippen LogP contribution in [0, 0.1) is 13.8 Å². The Labute approximate surface area is 138 Å². The molecule has 0 aliphatic carbocycles. The van der Waals surface area contributed by atoms with Crippen molar-refractivity contribution >= 4 is 18.3 Å². The summed E-state index contributed by atoms with van der Waals surface area (Å²) in [7, 11) is -2.49. The lowest BCUT2D eigenvalue weighted by atomic mass is 10.2. The van der Waals surface area contributed by atoms with Gasteiger partial charge in [-0.15, -0.1) is 0 Å². The molecule has 4 heteroatoms. The van der Waals surface area contributed by atoms with Gasteiger partial charge >= 0.3 is 7.07 Å². The van der Waals surface area contributed by atoms with Gasteiger partial charge in [0.2, 0.25) is 0 Å². The van der Waals surface area contributed by atoms with Crippen LogP contribution in [0.15, 0.2) is 48.5 Å². The Balaban J connectivity index is 2.14. The van der Waals surface area contributed by atoms with Crippen LogP contribution in [0.25, 0.3) is 0 Å². The molecule has 0 N–H and O–H groups in total. The molecule has 0 saturated heterocycles. The van der Waals surface area contributed by atoms with E-state index in [1.54, 1.807) is 0 Å². The predicted octanol–water partition coefficient (Wildman–Crippen LogP) is 6.56. The molecule has 0 bridgehead atoms. The van der Waals surface area contributed by atoms with E-state index in [4.69, 9.17) is 20.3 Å². The number of halogens is 1. The molecule has 2 aromatic carbocycles. The van der Waals surface area contributed by atoms with E-state index in [0.29, 0.717) is 0 Å². The molecular formula is C18H23ClO2P+. The summed E-state index contributed by atoms with van der Waals surface area (Å²) in [5.74, 6) is 1.52. The predicted molar refractivity (Wildman–Crippen MR) is 96.2 cm³/mol. The minimum atomic E-state index is -2.49. The molecule has 2 aromatic rings. The monoisotopic (exact) mass is 337 g/mol. The Morgan fingerprint density at radius 2 is 1.23 bits per heavy atom. The molecule has 0 spiro atoms. The zero-order valence-corrected chi connectivity index (χ0v) is 15.0. The van der Waals surface area contributed by atoms with Gasteiger partial charge in [-0.25, -0.2) is 0 Å². The van der Waals surface area contributed by atoms with Gasteiger partial charge in [0, 0.05) is 0 Å². The Morgan fingerprint density at radius 3 is 1.59 bits per heavy atom. The first-order valence-corrected chi connectivity index (χ1v) is 10.3. The van der Waals surface area contributed by atoms with Crippen LogP contribution in [-0.4, -0.2) is 6.16 Å². The van der Waals surface area contributed by atoms with Gasteiger partial charge in [0.05, 0.1) is 0 Å². The molecule has 0 aliphatic heterocycles. The lowest BCUT2D eigenvalue weighted by molar-refractivity contribution is 0.477. The quantitative estimate of drug-likeness (QED) is 0.532. The van der Waals surface area contributed by atoms with Crippen molar-refractivity contribution < 1.29 is 9.05 Å². The highest BCUT2D eigenvalue weighted by Gasteiger charge is 2.43. The molecule has 0 heterocycles. The van der Waals surface area contributed by atoms with Gasteiger partial charge in [-0.05, 0) is 44.5 Å². The first kappa shape index (κ1) is 17.1. The van der Waals surface area contributed by atoms with Crippen molar-refractivity contribution in [1.82, 2.24) is 0 Å². The summed E-state index contributed by atoms with van der Waals surface area (Å²) >= 11 is 6.73. The second-order valence-electron chi connectivity index (χ2n) is 5.48. The highest BCUT2D eigenvalue weighted by Crippen LogP contribution is 2.65. The molecular weight excluding hydrogens is 315 g/mol. The zero-order valence-electron chi connectivity index (χ0n) is 13.4. The maximum atomic E-state index is 6.73. The second kappa shape index (κ2) is 7.85. The van der Waals surface area contributed by atoms with Gasteiger partial charge in [0.15, 0.2) is 22.7 Å². The molecule has 0 aliphatic rings. The SMILES string of the molecule is CCCC[P+](Cl)(Oc1ccc(C)cc1)Oc1ccc(C)cc1. The van der Waals surface area contributed by atoms with Crippen LogP contribution in [0.5, 0.6) is 11.5 Å². The first-order valence-electron chi connectivity index (χ1n) is 7.61. The Kier molecular flexibility index (Phi) is 6.11. The molecule has 0 amide bonds. The van der Waals surface area contributed by atoms with Crippen molar-refractivity contribution in [2.24, 2.45) is 0 Å². The summed E-state index contributed by atoms with van der Waals surface area (Å²) in [5.41, 5.74) is 2.39. The minimum absolute atomic E-state index is 0.729. The summed E-state index contributed by atoms with van der Waals surface area (Å²) < 4.78 is 12.1. The lowest BCUT2D eigenvalue weighted by Gasteiger charge is -2.17. The number of hydrogen-bond donors (Lipinski definition) is 0. The third-order valence-electron chi connectivity index (χ3n) is 3.30. The van der Waals surface area contributed by atoms with Crippen molar-refractivity contribution in [2.75, 3.05) is 6.16 Å². The van der Waals surface area contributed by atoms with Crippen LogP contribution in [0.1, 0.15) is 30.9 Å². The molecule has 22 heavy (non-hydrogen) atoms. The van der Waals surface area contributed by atoms with Crippen molar-refractivity contribution in [1.29, 1.82) is 0 Å². The average molecular weight is 338 g/mol. The van der Waals surface area contributed by atoms with Gasteiger partial charge < -0.3 is 0 Å². The average Bonchev–Trinajstić information content (AvgIpc) is 2.50. The molecule has 0 saturated carbocycles. The maximum absolute atomic E-state index is 6.73. The fourth-order valence-corrected chi connectivity index (χ4v) is 4.59. The van der Waals surface area contributed by atoms with E-state index < -0.39 is 7.07 Å². The van der Waals surface area contributed by atoms with E-state index in [0.717, 1.165) is 30.5 Å². The number of aryl methyl sites for hydroxylation is 2. The zero-order chi connectivity index (χ0) is 16.0. The van der Waals surface area contributed by atoms with Crippen LogP contribution in [0.2, 0.25) is 0 Å². The van der Waals surface area contributed by atoms with E-state index in [-0.39, 0.29) is 0 Å². The summed E-state index contributed by atoms with van der Waals surface area (Å²) in [5, 5.41) is 0. The van der Waals surface area contributed by atoms with Crippen LogP contribution in [0.4, 0.5) is 0 Å². The summed E-state index contributed by atoms with van der Waals surface area (Å²) in [4.78, 5) is 0. The summed E-state index contributed by atoms with van der Waals surface area (Å²) in [6.45, 7) is 6.23. The molecule has 0 unspecified atom stereocenters. The normalized spacial score (nSPS) is 11.3. The van der Waals surface area contributed by atoms with Gasteiger partial charge in [-0.2, -0.15) is 0 Å². The van der Waals surface area contributed by atoms with E-state index in [2.05, 4.69) is 6.92 Å². The topological polar surface area (TPSA) is 18.5 Å². The number of benzene rings is 2. The molecule has 0 aromatic heterocycles. The van der Waals surface area contributed by atoms with Crippen LogP contribution < -0.4 is 9.05 Å². The van der Waals surface area contributed by atoms with Crippen LogP contribution >= 0.6 is 18.3 Å². The number of hydrogen-bond acceptors (Lipinski definition) is 2. The van der Waals surface area contributed by atoms with E-state index in [1.165, 1.54) is 11.1 Å². The highest BCUT2D eigenvalue weighted by molar-refractivity contribution is 7.92. The second-order valence-corrected chi connectivity index (χ2v) is 9.01. The largest absolute Gasteiger partial charge is 0.459 e. The van der Waals surface area contributed by atoms with Crippen LogP contribution in [-0.2, 0) is 0 Å². The van der Waals surface area contributed by atoms with Gasteiger partial charge in [0.1, 0.15) is 6.16 Å². The standard InChI is InChI=1S/C18H23ClO2P/c1-4-5-14-22(19,20-17-10-6-15(2)7-11-17)21-18-12-8-16(3)9-13-18/h6-13H,4-5,14H2,1-3H3/q+1. The van der Waals surface area contributed by atoms with E-state index >= 15 is 0 Å². The Bertz CT molecular complexity index is 534. The maximum Gasteiger partial charge on any atom is 0.459 e. The van der Waals surface area contributed by atoms with E-state index in [1.807, 2.05) is 62.4 Å². The fraction of sp³-hybridized carbons (Fsp3) is 0.333. The van der Waals surface area contributed by atoms with Gasteiger partial charge in [-0.3, -0.25) is 9.05 Å². The van der Waals surface area contributed by atoms with Crippen LogP contribution in [0.3, 0.4) is 0 Å². The Morgan fingerprint density at radius 1 is 0.818 bits per heavy atom. The lowest BCUT2D eigenvalue weighted by Crippen LogP contribution is -2.07. The summed E-state index contributed by atoms with van der Waals surface area (Å²) in [6.07, 6.45) is 2.77. The van der Waals surface area contributed by atoms with Crippen molar-refractivity contribution in [2.45, 2.75) is 33.6 Å². The molecule has 118 valence electrons. The third-order valence-corrected chi connectivity index (χ3v) is 6.04. The number of unbranched alkanes of at least 4 members (excludes halogenated alkanes) is 1. The number of rotatable bonds is 7. The molecule has 2 nitrogen and oxygen atoms in total. The Hall–Kier alpha value is -1.24. The minimum Gasteiger partial charge on any atom is -0.291 e. The fourth-order valence-electron chi connectivity index (χ4n) is 1.97. The van der Waals surface area contributed by atoms with Gasteiger partial charge in [0.25, 0.3) is 0 Å². The van der Waals surface area contributed by atoms with E-state index in [9.17, 15) is 0 Å². The highest BCUT2D eigenvalue weighted by atomic mass is 35.7. The molecule has 0 fully saturated rings. The molecule has 0 radical (unpaired) electrons. The summed E-state index contributed by atoms with van der Waals surface area (Å²) in [6, 6.07) is 15.8. The molecule has 2 rings (SSSR count).